The zero-order valence-electron chi connectivity index (χ0n) is 17.1. The first-order valence-corrected chi connectivity index (χ1v) is 10.8. The molecule has 0 saturated heterocycles. The van der Waals surface area contributed by atoms with Crippen LogP contribution < -0.4 is 5.32 Å². The summed E-state index contributed by atoms with van der Waals surface area (Å²) in [5.41, 5.74) is 2.61. The minimum absolute atomic E-state index is 0.00971. The van der Waals surface area contributed by atoms with E-state index >= 15 is 0 Å². The highest BCUT2D eigenvalue weighted by molar-refractivity contribution is 7.89. The Morgan fingerprint density at radius 3 is 2.38 bits per heavy atom. The van der Waals surface area contributed by atoms with Gasteiger partial charge in [-0.3, -0.25) is 4.79 Å². The van der Waals surface area contributed by atoms with Crippen molar-refractivity contribution >= 4 is 27.6 Å². The SMILES string of the molecule is CCN(CC)S(=O)(=O)c1cccc(C(=O)OCC(=O)Nc2cc(C)ccc2C)c1. The minimum Gasteiger partial charge on any atom is -0.452 e. The Morgan fingerprint density at radius 1 is 1.03 bits per heavy atom. The Balaban J connectivity index is 2.06. The molecule has 29 heavy (non-hydrogen) atoms. The molecule has 1 amide bonds. The van der Waals surface area contributed by atoms with E-state index in [0.29, 0.717) is 18.8 Å². The van der Waals surface area contributed by atoms with Crippen LogP contribution in [-0.4, -0.2) is 44.3 Å². The summed E-state index contributed by atoms with van der Waals surface area (Å²) in [6.07, 6.45) is 0. The first kappa shape index (κ1) is 22.6. The molecule has 0 bridgehead atoms. The van der Waals surface area contributed by atoms with Gasteiger partial charge in [-0.1, -0.05) is 32.0 Å². The van der Waals surface area contributed by atoms with Gasteiger partial charge in [-0.15, -0.1) is 0 Å². The van der Waals surface area contributed by atoms with Gasteiger partial charge in [0, 0.05) is 18.8 Å². The number of hydrogen-bond acceptors (Lipinski definition) is 5. The van der Waals surface area contributed by atoms with Crippen molar-refractivity contribution in [3.05, 3.63) is 59.2 Å². The highest BCUT2D eigenvalue weighted by Crippen LogP contribution is 2.18. The van der Waals surface area contributed by atoms with Gasteiger partial charge in [0.25, 0.3) is 5.91 Å². The van der Waals surface area contributed by atoms with E-state index in [4.69, 9.17) is 4.74 Å². The van der Waals surface area contributed by atoms with E-state index in [1.807, 2.05) is 32.0 Å². The van der Waals surface area contributed by atoms with Gasteiger partial charge < -0.3 is 10.1 Å². The van der Waals surface area contributed by atoms with Gasteiger partial charge in [0.2, 0.25) is 10.0 Å². The number of rotatable bonds is 8. The van der Waals surface area contributed by atoms with Crippen LogP contribution in [0.5, 0.6) is 0 Å². The fourth-order valence-corrected chi connectivity index (χ4v) is 4.27. The Hall–Kier alpha value is -2.71. The van der Waals surface area contributed by atoms with E-state index in [0.717, 1.165) is 11.1 Å². The van der Waals surface area contributed by atoms with Crippen LogP contribution in [0.3, 0.4) is 0 Å². The average Bonchev–Trinajstić information content (AvgIpc) is 2.69. The third-order valence-electron chi connectivity index (χ3n) is 4.41. The van der Waals surface area contributed by atoms with Gasteiger partial charge in [0.1, 0.15) is 0 Å². The number of aryl methyl sites for hydroxylation is 2. The van der Waals surface area contributed by atoms with E-state index in [-0.39, 0.29) is 10.5 Å². The molecule has 2 aromatic carbocycles. The Morgan fingerprint density at radius 2 is 1.72 bits per heavy atom. The third kappa shape index (κ3) is 5.65. The zero-order valence-corrected chi connectivity index (χ0v) is 17.9. The number of anilines is 1. The second kappa shape index (κ2) is 9.67. The van der Waals surface area contributed by atoms with Crippen molar-refractivity contribution < 1.29 is 22.7 Å². The van der Waals surface area contributed by atoms with E-state index in [2.05, 4.69) is 5.32 Å². The van der Waals surface area contributed by atoms with Crippen molar-refractivity contribution in [1.82, 2.24) is 4.31 Å². The topological polar surface area (TPSA) is 92.8 Å². The zero-order chi connectivity index (χ0) is 21.6. The number of benzene rings is 2. The molecule has 7 nitrogen and oxygen atoms in total. The summed E-state index contributed by atoms with van der Waals surface area (Å²) in [4.78, 5) is 24.4. The van der Waals surface area contributed by atoms with Crippen molar-refractivity contribution in [2.24, 2.45) is 0 Å². The third-order valence-corrected chi connectivity index (χ3v) is 6.46. The van der Waals surface area contributed by atoms with Crippen LogP contribution in [0.15, 0.2) is 47.4 Å². The van der Waals surface area contributed by atoms with Crippen molar-refractivity contribution in [2.75, 3.05) is 25.0 Å². The first-order chi connectivity index (χ1) is 13.7. The monoisotopic (exact) mass is 418 g/mol. The number of ether oxygens (including phenoxy) is 1. The van der Waals surface area contributed by atoms with E-state index < -0.39 is 28.5 Å². The lowest BCUT2D eigenvalue weighted by Crippen LogP contribution is -2.30. The molecule has 0 saturated carbocycles. The van der Waals surface area contributed by atoms with Gasteiger partial charge in [0.15, 0.2) is 6.61 Å². The van der Waals surface area contributed by atoms with Crippen LogP contribution >= 0.6 is 0 Å². The Labute approximate surface area is 171 Å². The highest BCUT2D eigenvalue weighted by Gasteiger charge is 2.23. The average molecular weight is 419 g/mol. The molecule has 0 unspecified atom stereocenters. The maximum atomic E-state index is 12.6. The number of carbonyl (C=O) groups is 2. The molecule has 2 aromatic rings. The lowest BCUT2D eigenvalue weighted by Gasteiger charge is -2.18. The lowest BCUT2D eigenvalue weighted by molar-refractivity contribution is -0.119. The Kier molecular flexibility index (Phi) is 7.53. The molecule has 0 spiro atoms. The molecule has 0 aliphatic rings. The summed E-state index contributed by atoms with van der Waals surface area (Å²) >= 11 is 0. The number of carbonyl (C=O) groups excluding carboxylic acids is 2. The fraction of sp³-hybridized carbons (Fsp3) is 0.333. The molecule has 156 valence electrons. The molecule has 1 N–H and O–H groups in total. The van der Waals surface area contributed by atoms with Gasteiger partial charge in [-0.25, -0.2) is 13.2 Å². The fourth-order valence-electron chi connectivity index (χ4n) is 2.77. The molecule has 0 radical (unpaired) electrons. The normalized spacial score (nSPS) is 11.3. The maximum Gasteiger partial charge on any atom is 0.338 e. The van der Waals surface area contributed by atoms with Crippen LogP contribution in [-0.2, 0) is 19.6 Å². The quantitative estimate of drug-likeness (QED) is 0.665. The molecular formula is C21H26N2O5S. The van der Waals surface area contributed by atoms with E-state index in [1.165, 1.54) is 28.6 Å². The predicted molar refractivity (Wildman–Crippen MR) is 111 cm³/mol. The Bertz CT molecular complexity index is 998. The molecule has 0 fully saturated rings. The van der Waals surface area contributed by atoms with Gasteiger partial charge in [0.05, 0.1) is 10.5 Å². The molecule has 0 heterocycles. The van der Waals surface area contributed by atoms with Crippen LogP contribution in [0.2, 0.25) is 0 Å². The maximum absolute atomic E-state index is 12.6. The standard InChI is InChI=1S/C21H26N2O5S/c1-5-23(6-2)29(26,27)18-9-7-8-17(13-18)21(25)28-14-20(24)22-19-12-15(3)10-11-16(19)4/h7-13H,5-6,14H2,1-4H3,(H,22,24). The second-order valence-corrected chi connectivity index (χ2v) is 8.50. The van der Waals surface area contributed by atoms with Crippen LogP contribution in [0.1, 0.15) is 35.3 Å². The van der Waals surface area contributed by atoms with E-state index in [1.54, 1.807) is 13.8 Å². The van der Waals surface area contributed by atoms with Crippen LogP contribution in [0, 0.1) is 13.8 Å². The van der Waals surface area contributed by atoms with Crippen LogP contribution in [0.4, 0.5) is 5.69 Å². The molecule has 2 rings (SSSR count). The molecule has 0 aliphatic heterocycles. The summed E-state index contributed by atoms with van der Waals surface area (Å²) in [5, 5.41) is 2.70. The molecule has 0 aliphatic carbocycles. The number of sulfonamides is 1. The van der Waals surface area contributed by atoms with Crippen LogP contribution in [0.25, 0.3) is 0 Å². The smallest absolute Gasteiger partial charge is 0.338 e. The number of esters is 1. The number of nitrogens with one attached hydrogen (secondary N) is 1. The van der Waals surface area contributed by atoms with Gasteiger partial charge in [-0.2, -0.15) is 4.31 Å². The van der Waals surface area contributed by atoms with Crippen molar-refractivity contribution in [3.8, 4) is 0 Å². The molecule has 0 aromatic heterocycles. The number of hydrogen-bond donors (Lipinski definition) is 1. The highest BCUT2D eigenvalue weighted by atomic mass is 32.2. The lowest BCUT2D eigenvalue weighted by atomic mass is 10.1. The number of nitrogens with zero attached hydrogens (tertiary/aromatic N) is 1. The predicted octanol–water partition coefficient (Wildman–Crippen LogP) is 3.13. The van der Waals surface area contributed by atoms with Gasteiger partial charge >= 0.3 is 5.97 Å². The van der Waals surface area contributed by atoms with Gasteiger partial charge in [-0.05, 0) is 49.2 Å². The van der Waals surface area contributed by atoms with Crippen molar-refractivity contribution in [3.63, 3.8) is 0 Å². The first-order valence-electron chi connectivity index (χ1n) is 9.33. The summed E-state index contributed by atoms with van der Waals surface area (Å²) in [5.74, 6) is -1.24. The molecule has 8 heteroatoms. The second-order valence-electron chi connectivity index (χ2n) is 6.56. The van der Waals surface area contributed by atoms with Crippen molar-refractivity contribution in [1.29, 1.82) is 0 Å². The summed E-state index contributed by atoms with van der Waals surface area (Å²) in [6.45, 7) is 7.44. The largest absolute Gasteiger partial charge is 0.452 e. The minimum atomic E-state index is -3.69. The molecule has 0 atom stereocenters. The van der Waals surface area contributed by atoms with Crippen molar-refractivity contribution in [2.45, 2.75) is 32.6 Å². The summed E-state index contributed by atoms with van der Waals surface area (Å²) in [6, 6.07) is 11.3. The molecular weight excluding hydrogens is 392 g/mol. The number of amides is 1. The summed E-state index contributed by atoms with van der Waals surface area (Å²) < 4.78 is 31.6. The summed E-state index contributed by atoms with van der Waals surface area (Å²) in [7, 11) is -3.69. The van der Waals surface area contributed by atoms with E-state index in [9.17, 15) is 18.0 Å².